The molecule has 2 rings (SSSR count). The standard InChI is InChI=1S/C15H25NO3/c1-15(2)6-3-11(4-7-15)9-13(17)16-8-5-12(10-16)14(18)19/h11-12H,3-10H2,1-2H3,(H,18,19). The molecular formula is C15H25NO3. The number of carbonyl (C=O) groups is 2. The zero-order valence-corrected chi connectivity index (χ0v) is 12.0. The highest BCUT2D eigenvalue weighted by atomic mass is 16.4. The van der Waals surface area contributed by atoms with Gasteiger partial charge in [0.1, 0.15) is 0 Å². The van der Waals surface area contributed by atoms with Crippen molar-refractivity contribution in [3.63, 3.8) is 0 Å². The summed E-state index contributed by atoms with van der Waals surface area (Å²) in [6.45, 7) is 5.62. The quantitative estimate of drug-likeness (QED) is 0.855. The summed E-state index contributed by atoms with van der Waals surface area (Å²) in [4.78, 5) is 24.8. The summed E-state index contributed by atoms with van der Waals surface area (Å²) in [6.07, 6.45) is 5.89. The number of rotatable bonds is 3. The number of carbonyl (C=O) groups excluding carboxylic acids is 1. The van der Waals surface area contributed by atoms with Crippen molar-refractivity contribution in [2.45, 2.75) is 52.4 Å². The molecule has 0 aromatic rings. The van der Waals surface area contributed by atoms with Crippen LogP contribution < -0.4 is 0 Å². The molecule has 108 valence electrons. The Morgan fingerprint density at radius 3 is 2.37 bits per heavy atom. The average molecular weight is 267 g/mol. The Hall–Kier alpha value is -1.06. The number of hydrogen-bond acceptors (Lipinski definition) is 2. The highest BCUT2D eigenvalue weighted by Gasteiger charge is 2.33. The van der Waals surface area contributed by atoms with E-state index in [1.165, 1.54) is 12.8 Å². The molecule has 1 aliphatic carbocycles. The third-order valence-corrected chi connectivity index (χ3v) is 4.81. The second-order valence-corrected chi connectivity index (χ2v) is 6.98. The van der Waals surface area contributed by atoms with Crippen LogP contribution in [0, 0.1) is 17.3 Å². The molecule has 1 amide bonds. The Morgan fingerprint density at radius 1 is 1.21 bits per heavy atom. The molecule has 1 atom stereocenters. The zero-order valence-electron chi connectivity index (χ0n) is 12.0. The van der Waals surface area contributed by atoms with Gasteiger partial charge in [-0.05, 0) is 43.4 Å². The fourth-order valence-electron chi connectivity index (χ4n) is 3.23. The van der Waals surface area contributed by atoms with Gasteiger partial charge in [-0.15, -0.1) is 0 Å². The average Bonchev–Trinajstić information content (AvgIpc) is 2.81. The van der Waals surface area contributed by atoms with E-state index in [-0.39, 0.29) is 11.8 Å². The number of amides is 1. The molecule has 1 heterocycles. The second-order valence-electron chi connectivity index (χ2n) is 6.98. The van der Waals surface area contributed by atoms with Gasteiger partial charge in [0.25, 0.3) is 0 Å². The molecule has 0 radical (unpaired) electrons. The molecule has 1 saturated heterocycles. The highest BCUT2D eigenvalue weighted by molar-refractivity contribution is 5.78. The maximum atomic E-state index is 12.2. The topological polar surface area (TPSA) is 57.6 Å². The van der Waals surface area contributed by atoms with E-state index in [1.54, 1.807) is 4.90 Å². The third kappa shape index (κ3) is 3.71. The summed E-state index contributed by atoms with van der Waals surface area (Å²) >= 11 is 0. The third-order valence-electron chi connectivity index (χ3n) is 4.81. The van der Waals surface area contributed by atoms with Crippen LogP contribution in [0.2, 0.25) is 0 Å². The largest absolute Gasteiger partial charge is 0.481 e. The molecule has 0 aromatic heterocycles. The van der Waals surface area contributed by atoms with E-state index in [4.69, 9.17) is 5.11 Å². The summed E-state index contributed by atoms with van der Waals surface area (Å²) in [5, 5.41) is 8.95. The SMILES string of the molecule is CC1(C)CCC(CC(=O)N2CCC(C(=O)O)C2)CC1. The van der Waals surface area contributed by atoms with Crippen molar-refractivity contribution in [3.8, 4) is 0 Å². The number of carboxylic acids is 1. The summed E-state index contributed by atoms with van der Waals surface area (Å²) < 4.78 is 0. The first kappa shape index (κ1) is 14.4. The monoisotopic (exact) mass is 267 g/mol. The molecule has 4 heteroatoms. The molecular weight excluding hydrogens is 242 g/mol. The molecule has 1 unspecified atom stereocenters. The van der Waals surface area contributed by atoms with Gasteiger partial charge in [-0.25, -0.2) is 0 Å². The molecule has 2 fully saturated rings. The minimum atomic E-state index is -0.769. The summed E-state index contributed by atoms with van der Waals surface area (Å²) in [7, 11) is 0. The number of carboxylic acid groups (broad SMARTS) is 1. The van der Waals surface area contributed by atoms with Crippen LogP contribution in [0.25, 0.3) is 0 Å². The number of hydrogen-bond donors (Lipinski definition) is 1. The van der Waals surface area contributed by atoms with Crippen molar-refractivity contribution >= 4 is 11.9 Å². The molecule has 1 saturated carbocycles. The maximum Gasteiger partial charge on any atom is 0.308 e. The van der Waals surface area contributed by atoms with E-state index in [0.717, 1.165) is 12.8 Å². The summed E-state index contributed by atoms with van der Waals surface area (Å²) in [5.74, 6) is -0.457. The van der Waals surface area contributed by atoms with E-state index >= 15 is 0 Å². The van der Waals surface area contributed by atoms with E-state index in [1.807, 2.05) is 0 Å². The fourth-order valence-corrected chi connectivity index (χ4v) is 3.23. The molecule has 19 heavy (non-hydrogen) atoms. The number of aliphatic carboxylic acids is 1. The first-order chi connectivity index (χ1) is 8.87. The zero-order chi connectivity index (χ0) is 14.0. The maximum absolute atomic E-state index is 12.2. The van der Waals surface area contributed by atoms with Crippen LogP contribution >= 0.6 is 0 Å². The van der Waals surface area contributed by atoms with Gasteiger partial charge in [-0.3, -0.25) is 9.59 Å². The van der Waals surface area contributed by atoms with Crippen molar-refractivity contribution in [1.29, 1.82) is 0 Å². The Morgan fingerprint density at radius 2 is 1.84 bits per heavy atom. The van der Waals surface area contributed by atoms with Gasteiger partial charge in [0.05, 0.1) is 5.92 Å². The van der Waals surface area contributed by atoms with Crippen molar-refractivity contribution in [3.05, 3.63) is 0 Å². The van der Waals surface area contributed by atoms with Gasteiger partial charge in [0, 0.05) is 19.5 Å². The van der Waals surface area contributed by atoms with Gasteiger partial charge in [-0.1, -0.05) is 13.8 Å². The predicted octanol–water partition coefficient (Wildman–Crippen LogP) is 2.53. The molecule has 1 N–H and O–H groups in total. The van der Waals surface area contributed by atoms with Crippen LogP contribution in [0.3, 0.4) is 0 Å². The van der Waals surface area contributed by atoms with Crippen molar-refractivity contribution < 1.29 is 14.7 Å². The van der Waals surface area contributed by atoms with Crippen molar-refractivity contribution in [1.82, 2.24) is 4.90 Å². The van der Waals surface area contributed by atoms with Crippen LogP contribution in [-0.2, 0) is 9.59 Å². The lowest BCUT2D eigenvalue weighted by molar-refractivity contribution is -0.141. The van der Waals surface area contributed by atoms with Crippen LogP contribution in [0.1, 0.15) is 52.4 Å². The van der Waals surface area contributed by atoms with E-state index in [9.17, 15) is 9.59 Å². The first-order valence-electron chi connectivity index (χ1n) is 7.38. The van der Waals surface area contributed by atoms with Gasteiger partial charge in [-0.2, -0.15) is 0 Å². The summed E-state index contributed by atoms with van der Waals surface area (Å²) in [6, 6.07) is 0. The highest BCUT2D eigenvalue weighted by Crippen LogP contribution is 2.39. The van der Waals surface area contributed by atoms with Crippen molar-refractivity contribution in [2.75, 3.05) is 13.1 Å². The van der Waals surface area contributed by atoms with Gasteiger partial charge < -0.3 is 10.0 Å². The molecule has 4 nitrogen and oxygen atoms in total. The molecule has 0 spiro atoms. The van der Waals surface area contributed by atoms with E-state index in [0.29, 0.717) is 37.3 Å². The minimum Gasteiger partial charge on any atom is -0.481 e. The van der Waals surface area contributed by atoms with Crippen LogP contribution in [0.5, 0.6) is 0 Å². The smallest absolute Gasteiger partial charge is 0.308 e. The lowest BCUT2D eigenvalue weighted by Gasteiger charge is -2.34. The Kier molecular flexibility index (Phi) is 4.16. The van der Waals surface area contributed by atoms with Crippen LogP contribution in [0.15, 0.2) is 0 Å². The van der Waals surface area contributed by atoms with Crippen LogP contribution in [0.4, 0.5) is 0 Å². The Balaban J connectivity index is 1.78. The van der Waals surface area contributed by atoms with E-state index < -0.39 is 5.97 Å². The minimum absolute atomic E-state index is 0.161. The van der Waals surface area contributed by atoms with Gasteiger partial charge in [0.2, 0.25) is 5.91 Å². The second kappa shape index (κ2) is 5.51. The number of likely N-dealkylation sites (tertiary alicyclic amines) is 1. The van der Waals surface area contributed by atoms with Crippen molar-refractivity contribution in [2.24, 2.45) is 17.3 Å². The fraction of sp³-hybridized carbons (Fsp3) is 0.867. The number of nitrogens with zero attached hydrogens (tertiary/aromatic N) is 1. The van der Waals surface area contributed by atoms with Gasteiger partial charge >= 0.3 is 5.97 Å². The van der Waals surface area contributed by atoms with Crippen LogP contribution in [-0.4, -0.2) is 35.0 Å². The lowest BCUT2D eigenvalue weighted by atomic mass is 9.72. The lowest BCUT2D eigenvalue weighted by Crippen LogP contribution is -2.32. The molecule has 0 aromatic carbocycles. The molecule has 2 aliphatic rings. The Bertz CT molecular complexity index is 354. The first-order valence-corrected chi connectivity index (χ1v) is 7.38. The Labute approximate surface area is 115 Å². The predicted molar refractivity (Wildman–Crippen MR) is 72.7 cm³/mol. The molecule has 1 aliphatic heterocycles. The molecule has 0 bridgehead atoms. The normalized spacial score (nSPS) is 27.5. The summed E-state index contributed by atoms with van der Waals surface area (Å²) in [5.41, 5.74) is 0.432. The van der Waals surface area contributed by atoms with E-state index in [2.05, 4.69) is 13.8 Å². The van der Waals surface area contributed by atoms with Gasteiger partial charge in [0.15, 0.2) is 0 Å².